The molecule has 3 rings (SSSR count). The van der Waals surface area contributed by atoms with E-state index < -0.39 is 17.6 Å². The van der Waals surface area contributed by atoms with Gasteiger partial charge in [0, 0.05) is 24.4 Å². The van der Waals surface area contributed by atoms with Gasteiger partial charge in [-0.2, -0.15) is 0 Å². The molecule has 2 aromatic rings. The first-order valence-electron chi connectivity index (χ1n) is 6.97. The van der Waals surface area contributed by atoms with Crippen LogP contribution >= 0.6 is 0 Å². The Morgan fingerprint density at radius 1 is 1.27 bits per heavy atom. The van der Waals surface area contributed by atoms with E-state index in [1.807, 2.05) is 13.8 Å². The number of fused-ring (bicyclic) bond motifs is 1. The van der Waals surface area contributed by atoms with Crippen molar-refractivity contribution in [3.05, 3.63) is 51.3 Å². The van der Waals surface area contributed by atoms with E-state index in [2.05, 4.69) is 10.4 Å². The van der Waals surface area contributed by atoms with Gasteiger partial charge in [0.15, 0.2) is 0 Å². The summed E-state index contributed by atoms with van der Waals surface area (Å²) in [5, 5.41) is 5.31. The van der Waals surface area contributed by atoms with Crippen LogP contribution in [-0.2, 0) is 4.79 Å². The van der Waals surface area contributed by atoms with Crippen molar-refractivity contribution in [2.75, 3.05) is 5.32 Å². The van der Waals surface area contributed by atoms with Crippen molar-refractivity contribution in [2.24, 2.45) is 0 Å². The summed E-state index contributed by atoms with van der Waals surface area (Å²) >= 11 is 0. The van der Waals surface area contributed by atoms with Gasteiger partial charge in [-0.15, -0.1) is 0 Å². The molecule has 0 bridgehead atoms. The van der Waals surface area contributed by atoms with Crippen molar-refractivity contribution in [1.29, 1.82) is 0 Å². The van der Waals surface area contributed by atoms with E-state index in [1.54, 1.807) is 4.68 Å². The van der Waals surface area contributed by atoms with E-state index in [-0.39, 0.29) is 29.5 Å². The molecule has 0 saturated heterocycles. The first-order valence-corrected chi connectivity index (χ1v) is 6.97. The van der Waals surface area contributed by atoms with Gasteiger partial charge in [-0.3, -0.25) is 19.4 Å². The van der Waals surface area contributed by atoms with Crippen molar-refractivity contribution in [3.63, 3.8) is 0 Å². The Balaban J connectivity index is 2.20. The van der Waals surface area contributed by atoms with Gasteiger partial charge in [-0.1, -0.05) is 6.07 Å². The van der Waals surface area contributed by atoms with Gasteiger partial charge in [0.1, 0.15) is 17.5 Å². The fourth-order valence-corrected chi connectivity index (χ4v) is 2.82. The van der Waals surface area contributed by atoms with Crippen LogP contribution in [0.4, 0.5) is 14.6 Å². The van der Waals surface area contributed by atoms with E-state index >= 15 is 0 Å². The summed E-state index contributed by atoms with van der Waals surface area (Å²) in [6.45, 7) is 3.70. The maximum atomic E-state index is 14.1. The fraction of sp³-hybridized carbons (Fsp3) is 0.333. The predicted octanol–water partition coefficient (Wildman–Crippen LogP) is 2.51. The molecule has 0 saturated carbocycles. The molecule has 1 amide bonds. The van der Waals surface area contributed by atoms with Crippen molar-refractivity contribution in [3.8, 4) is 0 Å². The monoisotopic (exact) mass is 307 g/mol. The lowest BCUT2D eigenvalue weighted by Gasteiger charge is -2.24. The number of aromatic amines is 1. The van der Waals surface area contributed by atoms with Gasteiger partial charge in [0.25, 0.3) is 5.56 Å². The molecular formula is C15H15F2N3O2. The summed E-state index contributed by atoms with van der Waals surface area (Å²) < 4.78 is 28.7. The lowest BCUT2D eigenvalue weighted by Crippen LogP contribution is -2.27. The molecule has 0 radical (unpaired) electrons. The SMILES string of the molecule is CC(C)n1[nH]c(=O)c2c1NC(=O)C[C@@H]2c1ccc(F)cc1F. The standard InChI is InChI=1S/C15H15F2N3O2/c1-7(2)20-14-13(15(22)19-20)10(6-12(21)18-14)9-4-3-8(16)5-11(9)17/h3-5,7,10H,6H2,1-2H3,(H,18,21)(H,19,22)/t10-/m1/s1. The van der Waals surface area contributed by atoms with E-state index in [0.717, 1.165) is 12.1 Å². The molecule has 7 heteroatoms. The summed E-state index contributed by atoms with van der Waals surface area (Å²) in [6, 6.07) is 3.09. The fourth-order valence-electron chi connectivity index (χ4n) is 2.82. The molecule has 0 fully saturated rings. The Morgan fingerprint density at radius 3 is 2.64 bits per heavy atom. The summed E-state index contributed by atoms with van der Waals surface area (Å²) in [7, 11) is 0. The normalized spacial score (nSPS) is 17.5. The highest BCUT2D eigenvalue weighted by molar-refractivity contribution is 5.94. The Hall–Kier alpha value is -2.44. The quantitative estimate of drug-likeness (QED) is 0.895. The van der Waals surface area contributed by atoms with Crippen LogP contribution in [0.2, 0.25) is 0 Å². The average Bonchev–Trinajstić information content (AvgIpc) is 2.75. The Labute approximate surface area is 124 Å². The Morgan fingerprint density at radius 2 is 2.00 bits per heavy atom. The molecule has 0 aliphatic carbocycles. The minimum absolute atomic E-state index is 0.0548. The van der Waals surface area contributed by atoms with Crippen molar-refractivity contribution >= 4 is 11.7 Å². The average molecular weight is 307 g/mol. The van der Waals surface area contributed by atoms with Crippen LogP contribution in [-0.4, -0.2) is 15.7 Å². The van der Waals surface area contributed by atoms with Gasteiger partial charge in [-0.25, -0.2) is 8.78 Å². The maximum Gasteiger partial charge on any atom is 0.270 e. The van der Waals surface area contributed by atoms with E-state index in [4.69, 9.17) is 0 Å². The van der Waals surface area contributed by atoms with E-state index in [9.17, 15) is 18.4 Å². The number of benzene rings is 1. The molecule has 1 aromatic heterocycles. The smallest absolute Gasteiger partial charge is 0.270 e. The highest BCUT2D eigenvalue weighted by Gasteiger charge is 2.34. The van der Waals surface area contributed by atoms with Crippen LogP contribution in [0, 0.1) is 11.6 Å². The minimum atomic E-state index is -0.762. The van der Waals surface area contributed by atoms with E-state index in [1.165, 1.54) is 6.07 Å². The molecule has 2 N–H and O–H groups in total. The van der Waals surface area contributed by atoms with Crippen LogP contribution in [0.5, 0.6) is 0 Å². The third kappa shape index (κ3) is 2.22. The molecular weight excluding hydrogens is 292 g/mol. The highest BCUT2D eigenvalue weighted by atomic mass is 19.1. The Bertz CT molecular complexity index is 808. The largest absolute Gasteiger partial charge is 0.311 e. The summed E-state index contributed by atoms with van der Waals surface area (Å²) in [5.74, 6) is -2.15. The summed E-state index contributed by atoms with van der Waals surface area (Å²) in [6.07, 6.45) is -0.0548. The second-order valence-electron chi connectivity index (χ2n) is 5.64. The molecule has 5 nitrogen and oxygen atoms in total. The Kier molecular flexibility index (Phi) is 3.35. The molecule has 1 aliphatic heterocycles. The van der Waals surface area contributed by atoms with Gasteiger partial charge in [0.05, 0.1) is 5.56 Å². The molecule has 116 valence electrons. The van der Waals surface area contributed by atoms with Crippen LogP contribution in [0.3, 0.4) is 0 Å². The zero-order valence-electron chi connectivity index (χ0n) is 12.1. The van der Waals surface area contributed by atoms with Crippen LogP contribution in [0.15, 0.2) is 23.0 Å². The van der Waals surface area contributed by atoms with Gasteiger partial charge < -0.3 is 5.32 Å². The number of aromatic nitrogens is 2. The number of nitrogens with zero attached hydrogens (tertiary/aromatic N) is 1. The first-order chi connectivity index (χ1) is 10.4. The zero-order chi connectivity index (χ0) is 16.0. The number of carbonyl (C=O) groups is 1. The lowest BCUT2D eigenvalue weighted by atomic mass is 9.87. The molecule has 2 heterocycles. The second kappa shape index (κ2) is 5.08. The second-order valence-corrected chi connectivity index (χ2v) is 5.64. The number of hydrogen-bond donors (Lipinski definition) is 2. The molecule has 1 aromatic carbocycles. The van der Waals surface area contributed by atoms with Crippen molar-refractivity contribution < 1.29 is 13.6 Å². The number of carbonyl (C=O) groups excluding carboxylic acids is 1. The van der Waals surface area contributed by atoms with Gasteiger partial charge >= 0.3 is 0 Å². The van der Waals surface area contributed by atoms with Crippen molar-refractivity contribution in [2.45, 2.75) is 32.2 Å². The molecule has 0 unspecified atom stereocenters. The molecule has 1 atom stereocenters. The number of anilines is 1. The summed E-state index contributed by atoms with van der Waals surface area (Å²) in [4.78, 5) is 24.2. The highest BCUT2D eigenvalue weighted by Crippen LogP contribution is 2.36. The maximum absolute atomic E-state index is 14.1. The molecule has 0 spiro atoms. The zero-order valence-corrected chi connectivity index (χ0v) is 12.1. The number of halogens is 2. The van der Waals surface area contributed by atoms with Gasteiger partial charge in [-0.05, 0) is 25.5 Å². The van der Waals surface area contributed by atoms with Crippen LogP contribution in [0.1, 0.15) is 43.4 Å². The number of amides is 1. The summed E-state index contributed by atoms with van der Waals surface area (Å²) in [5.41, 5.74) is 0.0701. The number of hydrogen-bond acceptors (Lipinski definition) is 2. The van der Waals surface area contributed by atoms with Gasteiger partial charge in [0.2, 0.25) is 5.91 Å². The topological polar surface area (TPSA) is 66.9 Å². The third-order valence-electron chi connectivity index (χ3n) is 3.81. The number of H-pyrrole nitrogens is 1. The molecule has 1 aliphatic rings. The van der Waals surface area contributed by atoms with Crippen LogP contribution in [0.25, 0.3) is 0 Å². The lowest BCUT2D eigenvalue weighted by molar-refractivity contribution is -0.116. The predicted molar refractivity (Wildman–Crippen MR) is 76.9 cm³/mol. The van der Waals surface area contributed by atoms with Crippen molar-refractivity contribution in [1.82, 2.24) is 9.78 Å². The van der Waals surface area contributed by atoms with E-state index in [0.29, 0.717) is 11.4 Å². The third-order valence-corrected chi connectivity index (χ3v) is 3.81. The molecule has 22 heavy (non-hydrogen) atoms. The number of nitrogens with one attached hydrogen (secondary N) is 2. The van der Waals surface area contributed by atoms with Crippen LogP contribution < -0.4 is 10.9 Å². The minimum Gasteiger partial charge on any atom is -0.311 e. The first kappa shape index (κ1) is 14.5. The number of rotatable bonds is 2.